The average molecular weight is 501 g/mol. The molecular formula is C25H45ClN4O4. The van der Waals surface area contributed by atoms with Crippen molar-refractivity contribution in [3.8, 4) is 0 Å². The lowest BCUT2D eigenvalue weighted by molar-refractivity contribution is -0.131. The number of halogens is 1. The number of carbonyl (C=O) groups excluding carboxylic acids is 3. The van der Waals surface area contributed by atoms with E-state index in [-0.39, 0.29) is 59.0 Å². The Morgan fingerprint density at radius 2 is 1.76 bits per heavy atom. The van der Waals surface area contributed by atoms with Gasteiger partial charge in [0, 0.05) is 50.1 Å². The molecule has 3 amide bonds. The molecule has 196 valence electrons. The third-order valence-electron chi connectivity index (χ3n) is 7.28. The van der Waals surface area contributed by atoms with Gasteiger partial charge in [-0.1, -0.05) is 13.8 Å². The summed E-state index contributed by atoms with van der Waals surface area (Å²) in [6.07, 6.45) is 1.99. The lowest BCUT2D eigenvalue weighted by Crippen LogP contribution is -2.53. The van der Waals surface area contributed by atoms with Crippen molar-refractivity contribution in [2.24, 2.45) is 23.7 Å². The van der Waals surface area contributed by atoms with Gasteiger partial charge in [-0.3, -0.25) is 9.59 Å². The van der Waals surface area contributed by atoms with Crippen LogP contribution in [0.1, 0.15) is 60.8 Å². The summed E-state index contributed by atoms with van der Waals surface area (Å²) in [5.74, 6) is -0.0919. The van der Waals surface area contributed by atoms with Gasteiger partial charge < -0.3 is 25.2 Å². The number of ether oxygens (including phenoxy) is 1. The van der Waals surface area contributed by atoms with E-state index < -0.39 is 5.60 Å². The number of alkyl halides is 1. The highest BCUT2D eigenvalue weighted by Gasteiger charge is 2.41. The fraction of sp³-hybridized carbons (Fsp3) is 0.880. The summed E-state index contributed by atoms with van der Waals surface area (Å²) in [6, 6.07) is 0.298. The van der Waals surface area contributed by atoms with E-state index in [0.717, 1.165) is 12.8 Å². The minimum Gasteiger partial charge on any atom is -0.444 e. The predicted octanol–water partition coefficient (Wildman–Crippen LogP) is 3.08. The molecule has 2 rings (SSSR count). The molecule has 9 heteroatoms. The molecule has 1 aliphatic heterocycles. The van der Waals surface area contributed by atoms with Crippen LogP contribution in [-0.2, 0) is 14.3 Å². The highest BCUT2D eigenvalue weighted by atomic mass is 35.5. The molecule has 7 unspecified atom stereocenters. The van der Waals surface area contributed by atoms with Crippen LogP contribution in [0.5, 0.6) is 0 Å². The third-order valence-corrected chi connectivity index (χ3v) is 7.63. The Bertz CT molecular complexity index is 728. The standard InChI is InChI=1S/C25H45ClN4O4/c1-15-11-16(2)28-23(32)20(15)14-27-22(31)19-12-18(26)13-21(17(19)3)29(7)9-10-30(8)24(33)34-25(4,5)6/h15-21H,9-14H2,1-8H3,(H,27,31)(H,28,32). The average Bonchev–Trinajstić information content (AvgIpc) is 2.70. The molecule has 0 aromatic heterocycles. The SMILES string of the molecule is CC1CC(C)C(CNC(=O)C2CC(Cl)CC(N(C)CCN(C)C(=O)OC(C)(C)C)C2C)C(=O)N1. The molecule has 0 radical (unpaired) electrons. The van der Waals surface area contributed by atoms with Gasteiger partial charge in [-0.25, -0.2) is 4.79 Å². The summed E-state index contributed by atoms with van der Waals surface area (Å²) < 4.78 is 5.43. The first kappa shape index (κ1) is 28.7. The quantitative estimate of drug-likeness (QED) is 0.524. The Morgan fingerprint density at radius 3 is 2.35 bits per heavy atom. The summed E-state index contributed by atoms with van der Waals surface area (Å²) in [4.78, 5) is 41.6. The van der Waals surface area contributed by atoms with E-state index in [4.69, 9.17) is 16.3 Å². The summed E-state index contributed by atoms with van der Waals surface area (Å²) in [5, 5.41) is 5.94. The van der Waals surface area contributed by atoms with Gasteiger partial charge in [-0.2, -0.15) is 0 Å². The van der Waals surface area contributed by atoms with Crippen molar-refractivity contribution < 1.29 is 19.1 Å². The van der Waals surface area contributed by atoms with Crippen molar-refractivity contribution in [3.05, 3.63) is 0 Å². The van der Waals surface area contributed by atoms with Crippen LogP contribution in [0.25, 0.3) is 0 Å². The molecule has 7 atom stereocenters. The van der Waals surface area contributed by atoms with Crippen molar-refractivity contribution in [1.29, 1.82) is 0 Å². The van der Waals surface area contributed by atoms with Crippen molar-refractivity contribution >= 4 is 29.5 Å². The molecule has 0 aromatic rings. The molecule has 1 saturated heterocycles. The monoisotopic (exact) mass is 500 g/mol. The molecule has 2 N–H and O–H groups in total. The van der Waals surface area contributed by atoms with Gasteiger partial charge in [0.05, 0.1) is 5.92 Å². The lowest BCUT2D eigenvalue weighted by atomic mass is 9.75. The van der Waals surface area contributed by atoms with Crippen LogP contribution in [0.3, 0.4) is 0 Å². The first-order chi connectivity index (χ1) is 15.7. The molecule has 0 spiro atoms. The number of amides is 3. The van der Waals surface area contributed by atoms with E-state index in [2.05, 4.69) is 29.4 Å². The summed E-state index contributed by atoms with van der Waals surface area (Å²) in [6.45, 7) is 13.3. The van der Waals surface area contributed by atoms with Gasteiger partial charge in [0.1, 0.15) is 5.60 Å². The number of likely N-dealkylation sites (N-methyl/N-ethyl adjacent to an activating group) is 2. The Labute approximate surface area is 210 Å². The summed E-state index contributed by atoms with van der Waals surface area (Å²) >= 11 is 6.60. The van der Waals surface area contributed by atoms with E-state index in [1.807, 2.05) is 34.7 Å². The minimum absolute atomic E-state index is 0.0187. The predicted molar refractivity (Wildman–Crippen MR) is 135 cm³/mol. The van der Waals surface area contributed by atoms with Crippen molar-refractivity contribution in [3.63, 3.8) is 0 Å². The highest BCUT2D eigenvalue weighted by molar-refractivity contribution is 6.20. The number of hydrogen-bond acceptors (Lipinski definition) is 5. The Balaban J connectivity index is 1.92. The number of piperidine rings is 1. The van der Waals surface area contributed by atoms with Crippen LogP contribution < -0.4 is 10.6 Å². The van der Waals surface area contributed by atoms with Crippen molar-refractivity contribution in [2.45, 2.75) is 83.9 Å². The Morgan fingerprint density at radius 1 is 1.12 bits per heavy atom. The maximum Gasteiger partial charge on any atom is 0.410 e. The topological polar surface area (TPSA) is 91.0 Å². The molecule has 1 saturated carbocycles. The van der Waals surface area contributed by atoms with Gasteiger partial charge >= 0.3 is 6.09 Å². The first-order valence-corrected chi connectivity index (χ1v) is 13.0. The van der Waals surface area contributed by atoms with E-state index in [9.17, 15) is 14.4 Å². The van der Waals surface area contributed by atoms with Crippen LogP contribution in [0, 0.1) is 23.7 Å². The second kappa shape index (κ2) is 11.9. The van der Waals surface area contributed by atoms with Crippen LogP contribution in [0.2, 0.25) is 0 Å². The molecule has 34 heavy (non-hydrogen) atoms. The van der Waals surface area contributed by atoms with Gasteiger partial charge in [0.15, 0.2) is 0 Å². The molecule has 2 aliphatic rings. The van der Waals surface area contributed by atoms with Gasteiger partial charge in [0.2, 0.25) is 11.8 Å². The maximum atomic E-state index is 13.1. The number of nitrogens with zero attached hydrogens (tertiary/aromatic N) is 2. The second-order valence-corrected chi connectivity index (χ2v) is 12.1. The van der Waals surface area contributed by atoms with Gasteiger partial charge in [0.25, 0.3) is 0 Å². The van der Waals surface area contributed by atoms with Crippen molar-refractivity contribution in [1.82, 2.24) is 20.4 Å². The first-order valence-electron chi connectivity index (χ1n) is 12.6. The molecule has 0 bridgehead atoms. The highest BCUT2D eigenvalue weighted by Crippen LogP contribution is 2.36. The lowest BCUT2D eigenvalue weighted by Gasteiger charge is -2.42. The summed E-state index contributed by atoms with van der Waals surface area (Å²) in [7, 11) is 3.75. The van der Waals surface area contributed by atoms with E-state index in [1.54, 1.807) is 11.9 Å². The minimum atomic E-state index is -0.532. The molecule has 8 nitrogen and oxygen atoms in total. The maximum absolute atomic E-state index is 13.1. The number of rotatable bonds is 7. The summed E-state index contributed by atoms with van der Waals surface area (Å²) in [5.41, 5.74) is -0.532. The zero-order valence-corrected chi connectivity index (χ0v) is 22.9. The van der Waals surface area contributed by atoms with Crippen LogP contribution in [0.15, 0.2) is 0 Å². The fourth-order valence-electron chi connectivity index (χ4n) is 5.19. The normalized spacial score (nSPS) is 32.2. The van der Waals surface area contributed by atoms with E-state index in [1.165, 1.54) is 0 Å². The van der Waals surface area contributed by atoms with Gasteiger partial charge in [-0.15, -0.1) is 11.6 Å². The van der Waals surface area contributed by atoms with E-state index >= 15 is 0 Å². The molecule has 1 heterocycles. The number of carbonyl (C=O) groups is 3. The number of nitrogens with one attached hydrogen (secondary N) is 2. The molecule has 0 aromatic carbocycles. The Hall–Kier alpha value is -1.54. The Kier molecular flexibility index (Phi) is 10.1. The van der Waals surface area contributed by atoms with Crippen LogP contribution in [-0.4, -0.2) is 84.5 Å². The van der Waals surface area contributed by atoms with Crippen LogP contribution >= 0.6 is 11.6 Å². The molecular weight excluding hydrogens is 456 g/mol. The van der Waals surface area contributed by atoms with Gasteiger partial charge in [-0.05, 0) is 65.8 Å². The third kappa shape index (κ3) is 8.01. The van der Waals surface area contributed by atoms with Crippen LogP contribution in [0.4, 0.5) is 4.79 Å². The molecule has 2 fully saturated rings. The van der Waals surface area contributed by atoms with E-state index in [0.29, 0.717) is 26.1 Å². The van der Waals surface area contributed by atoms with Crippen molar-refractivity contribution in [2.75, 3.05) is 33.7 Å². The fourth-order valence-corrected chi connectivity index (χ4v) is 5.56. The molecule has 1 aliphatic carbocycles. The second-order valence-electron chi connectivity index (χ2n) is 11.5. The zero-order chi connectivity index (χ0) is 25.8. The zero-order valence-electron chi connectivity index (χ0n) is 22.2. The smallest absolute Gasteiger partial charge is 0.410 e. The number of hydrogen-bond donors (Lipinski definition) is 2. The largest absolute Gasteiger partial charge is 0.444 e.